The first-order valence-electron chi connectivity index (χ1n) is 2.25. The van der Waals surface area contributed by atoms with Gasteiger partial charge in [-0.3, -0.25) is 0 Å². The lowest BCUT2D eigenvalue weighted by Gasteiger charge is -1.93. The average molecular weight is 101 g/mol. The first kappa shape index (κ1) is 6.50. The van der Waals surface area contributed by atoms with Crippen molar-refractivity contribution in [3.63, 3.8) is 0 Å². The van der Waals surface area contributed by atoms with Crippen molar-refractivity contribution in [3.05, 3.63) is 12.3 Å². The van der Waals surface area contributed by atoms with Crippen molar-refractivity contribution in [1.82, 2.24) is 5.32 Å². The minimum atomic E-state index is 0.588. The van der Waals surface area contributed by atoms with Gasteiger partial charge in [0.25, 0.3) is 0 Å². The van der Waals surface area contributed by atoms with Crippen LogP contribution in [-0.2, 0) is 4.74 Å². The van der Waals surface area contributed by atoms with E-state index in [1.54, 1.807) is 7.11 Å². The molecule has 0 aromatic rings. The van der Waals surface area contributed by atoms with Crippen molar-refractivity contribution in [1.29, 1.82) is 0 Å². The Labute approximate surface area is 44.2 Å². The van der Waals surface area contributed by atoms with Crippen LogP contribution >= 0.6 is 0 Å². The predicted octanol–water partition coefficient (Wildman–Crippen LogP) is 0.714. The van der Waals surface area contributed by atoms with E-state index >= 15 is 0 Å². The van der Waals surface area contributed by atoms with E-state index in [9.17, 15) is 0 Å². The van der Waals surface area contributed by atoms with Gasteiger partial charge in [0.05, 0.1) is 0 Å². The van der Waals surface area contributed by atoms with Gasteiger partial charge in [0.2, 0.25) is 0 Å². The molecule has 0 saturated heterocycles. The van der Waals surface area contributed by atoms with Crippen LogP contribution in [0, 0.1) is 0 Å². The fraction of sp³-hybridized carbons (Fsp3) is 0.600. The van der Waals surface area contributed by atoms with E-state index in [-0.39, 0.29) is 0 Å². The molecule has 0 bridgehead atoms. The Balaban J connectivity index is 2.69. The van der Waals surface area contributed by atoms with E-state index in [1.165, 1.54) is 0 Å². The Morgan fingerprint density at radius 1 is 1.71 bits per heavy atom. The number of allylic oxidation sites excluding steroid dienone is 1. The second-order valence-corrected chi connectivity index (χ2v) is 1.14. The summed E-state index contributed by atoms with van der Waals surface area (Å²) in [4.78, 5) is 0. The van der Waals surface area contributed by atoms with Crippen molar-refractivity contribution in [2.75, 3.05) is 13.8 Å². The second kappa shape index (κ2) is 5.50. The fourth-order valence-corrected chi connectivity index (χ4v) is 0.249. The Bertz CT molecular complexity index is 52.0. The van der Waals surface area contributed by atoms with Crippen LogP contribution in [0.5, 0.6) is 0 Å². The third kappa shape index (κ3) is 5.50. The predicted molar refractivity (Wildman–Crippen MR) is 29.8 cm³/mol. The van der Waals surface area contributed by atoms with Crippen molar-refractivity contribution < 1.29 is 4.74 Å². The highest BCUT2D eigenvalue weighted by atomic mass is 16.5. The Hall–Kier alpha value is -0.500. The molecule has 0 fully saturated rings. The molecule has 0 radical (unpaired) electrons. The van der Waals surface area contributed by atoms with Crippen molar-refractivity contribution in [2.45, 2.75) is 6.92 Å². The Morgan fingerprint density at radius 3 is 2.86 bits per heavy atom. The van der Waals surface area contributed by atoms with Gasteiger partial charge in [0.15, 0.2) is 0 Å². The number of methoxy groups -OCH3 is 1. The highest BCUT2D eigenvalue weighted by molar-refractivity contribution is 4.71. The van der Waals surface area contributed by atoms with Crippen LogP contribution in [0.4, 0.5) is 0 Å². The highest BCUT2D eigenvalue weighted by Gasteiger charge is 1.66. The maximum Gasteiger partial charge on any atom is 0.115 e. The summed E-state index contributed by atoms with van der Waals surface area (Å²) >= 11 is 0. The summed E-state index contributed by atoms with van der Waals surface area (Å²) in [7, 11) is 1.65. The van der Waals surface area contributed by atoms with E-state index in [1.807, 2.05) is 19.2 Å². The smallest absolute Gasteiger partial charge is 0.115 e. The number of ether oxygens (including phenoxy) is 1. The van der Waals surface area contributed by atoms with E-state index in [4.69, 9.17) is 0 Å². The van der Waals surface area contributed by atoms with Gasteiger partial charge in [-0.15, -0.1) is 0 Å². The molecular formula is C5H11NO. The lowest BCUT2D eigenvalue weighted by Crippen LogP contribution is -2.07. The normalized spacial score (nSPS) is 10.0. The molecule has 0 spiro atoms. The van der Waals surface area contributed by atoms with E-state index in [2.05, 4.69) is 10.1 Å². The van der Waals surface area contributed by atoms with E-state index in [0.717, 1.165) is 0 Å². The van der Waals surface area contributed by atoms with Gasteiger partial charge in [-0.1, -0.05) is 6.08 Å². The molecule has 42 valence electrons. The SMILES string of the molecule is C/C=C\NCOC. The first-order valence-corrected chi connectivity index (χ1v) is 2.25. The molecule has 0 atom stereocenters. The van der Waals surface area contributed by atoms with Gasteiger partial charge in [-0.25, -0.2) is 0 Å². The second-order valence-electron chi connectivity index (χ2n) is 1.14. The molecule has 0 aliphatic carbocycles. The van der Waals surface area contributed by atoms with Gasteiger partial charge < -0.3 is 10.1 Å². The van der Waals surface area contributed by atoms with Crippen LogP contribution in [0.3, 0.4) is 0 Å². The number of hydrogen-bond donors (Lipinski definition) is 1. The van der Waals surface area contributed by atoms with Crippen molar-refractivity contribution in [2.24, 2.45) is 0 Å². The summed E-state index contributed by atoms with van der Waals surface area (Å²) in [5.74, 6) is 0. The molecule has 0 heterocycles. The van der Waals surface area contributed by atoms with Gasteiger partial charge in [-0.2, -0.15) is 0 Å². The van der Waals surface area contributed by atoms with Crippen LogP contribution in [0.25, 0.3) is 0 Å². The molecule has 0 unspecified atom stereocenters. The molecule has 0 rings (SSSR count). The summed E-state index contributed by atoms with van der Waals surface area (Å²) in [6.07, 6.45) is 3.75. The molecule has 7 heavy (non-hydrogen) atoms. The largest absolute Gasteiger partial charge is 0.369 e. The van der Waals surface area contributed by atoms with Crippen molar-refractivity contribution >= 4 is 0 Å². The average Bonchev–Trinajstić information content (AvgIpc) is 1.69. The molecule has 0 saturated carbocycles. The maximum atomic E-state index is 4.68. The molecule has 1 N–H and O–H groups in total. The number of rotatable bonds is 3. The summed E-state index contributed by atoms with van der Waals surface area (Å²) in [6, 6.07) is 0. The molecule has 0 aliphatic rings. The van der Waals surface area contributed by atoms with E-state index < -0.39 is 0 Å². The topological polar surface area (TPSA) is 21.3 Å². The lowest BCUT2D eigenvalue weighted by atomic mass is 10.7. The van der Waals surface area contributed by atoms with Gasteiger partial charge in [0, 0.05) is 7.11 Å². The summed E-state index contributed by atoms with van der Waals surface area (Å²) in [6.45, 7) is 2.53. The zero-order chi connectivity index (χ0) is 5.54. The lowest BCUT2D eigenvalue weighted by molar-refractivity contribution is 0.187. The monoisotopic (exact) mass is 101 g/mol. The van der Waals surface area contributed by atoms with Gasteiger partial charge in [-0.05, 0) is 13.1 Å². The molecule has 0 amide bonds. The van der Waals surface area contributed by atoms with E-state index in [0.29, 0.717) is 6.73 Å². The zero-order valence-electron chi connectivity index (χ0n) is 4.77. The zero-order valence-corrected chi connectivity index (χ0v) is 4.77. The maximum absolute atomic E-state index is 4.68. The molecule has 2 nitrogen and oxygen atoms in total. The fourth-order valence-electron chi connectivity index (χ4n) is 0.249. The molecule has 2 heteroatoms. The minimum Gasteiger partial charge on any atom is -0.369 e. The Morgan fingerprint density at radius 2 is 2.43 bits per heavy atom. The summed E-state index contributed by atoms with van der Waals surface area (Å²) in [5.41, 5.74) is 0. The number of nitrogens with one attached hydrogen (secondary N) is 1. The number of hydrogen-bond acceptors (Lipinski definition) is 2. The van der Waals surface area contributed by atoms with Crippen LogP contribution in [0.1, 0.15) is 6.92 Å². The van der Waals surface area contributed by atoms with Gasteiger partial charge in [0.1, 0.15) is 6.73 Å². The third-order valence-corrected chi connectivity index (χ3v) is 0.512. The van der Waals surface area contributed by atoms with Gasteiger partial charge >= 0.3 is 0 Å². The standard InChI is InChI=1S/C5H11NO/c1-3-4-6-5-7-2/h3-4,6H,5H2,1-2H3/b4-3-. The van der Waals surface area contributed by atoms with Crippen molar-refractivity contribution in [3.8, 4) is 0 Å². The summed E-state index contributed by atoms with van der Waals surface area (Å²) < 4.78 is 4.68. The molecular weight excluding hydrogens is 90.1 g/mol. The molecule has 0 aliphatic heterocycles. The minimum absolute atomic E-state index is 0.588. The summed E-state index contributed by atoms with van der Waals surface area (Å²) in [5, 5.41) is 2.88. The van der Waals surface area contributed by atoms with Crippen LogP contribution < -0.4 is 5.32 Å². The third-order valence-electron chi connectivity index (χ3n) is 0.512. The first-order chi connectivity index (χ1) is 3.41. The highest BCUT2D eigenvalue weighted by Crippen LogP contribution is 1.61. The Kier molecular flexibility index (Phi) is 5.11. The molecule has 0 aromatic carbocycles. The van der Waals surface area contributed by atoms with Crippen LogP contribution in [-0.4, -0.2) is 13.8 Å². The van der Waals surface area contributed by atoms with Crippen LogP contribution in [0.15, 0.2) is 12.3 Å². The molecule has 0 aromatic heterocycles. The quantitative estimate of drug-likeness (QED) is 0.417. The van der Waals surface area contributed by atoms with Crippen LogP contribution in [0.2, 0.25) is 0 Å².